The Morgan fingerprint density at radius 3 is 2.71 bits per heavy atom. The second-order valence-corrected chi connectivity index (χ2v) is 6.49. The lowest BCUT2D eigenvalue weighted by molar-refractivity contribution is -0.121. The average Bonchev–Trinajstić information content (AvgIpc) is 2.83. The molecule has 24 heavy (non-hydrogen) atoms. The summed E-state index contributed by atoms with van der Waals surface area (Å²) >= 11 is 0. The number of fused-ring (bicyclic) bond motifs is 1. The number of carbonyl (C=O) groups is 2. The van der Waals surface area contributed by atoms with Crippen molar-refractivity contribution in [1.29, 1.82) is 0 Å². The second kappa shape index (κ2) is 8.48. The molecule has 0 spiro atoms. The van der Waals surface area contributed by atoms with Gasteiger partial charge in [-0.05, 0) is 45.2 Å². The monoisotopic (exact) mass is 326 g/mol. The number of amides is 2. The molecule has 128 valence electrons. The highest BCUT2D eigenvalue weighted by molar-refractivity contribution is 5.99. The lowest BCUT2D eigenvalue weighted by atomic mass is 10.0. The fraction of sp³-hybridized carbons (Fsp3) is 0.400. The van der Waals surface area contributed by atoms with Crippen molar-refractivity contribution < 1.29 is 9.59 Å². The Morgan fingerprint density at radius 1 is 1.21 bits per heavy atom. The number of carbonyl (C=O) groups excluding carboxylic acids is 2. The van der Waals surface area contributed by atoms with Crippen molar-refractivity contribution >= 4 is 11.8 Å². The molecule has 0 saturated heterocycles. The predicted octanol–water partition coefficient (Wildman–Crippen LogP) is 3.67. The van der Waals surface area contributed by atoms with E-state index >= 15 is 0 Å². The summed E-state index contributed by atoms with van der Waals surface area (Å²) in [6.07, 6.45) is 6.58. The first-order chi connectivity index (χ1) is 11.5. The van der Waals surface area contributed by atoms with E-state index in [1.807, 2.05) is 18.2 Å². The lowest BCUT2D eigenvalue weighted by Gasteiger charge is -2.11. The topological polar surface area (TPSA) is 58.2 Å². The van der Waals surface area contributed by atoms with E-state index in [1.54, 1.807) is 6.07 Å². The Hall–Kier alpha value is -2.36. The van der Waals surface area contributed by atoms with Crippen molar-refractivity contribution in [3.8, 4) is 0 Å². The Kier molecular flexibility index (Phi) is 6.36. The van der Waals surface area contributed by atoms with Crippen LogP contribution in [0.2, 0.25) is 0 Å². The summed E-state index contributed by atoms with van der Waals surface area (Å²) in [5, 5.41) is 5.77. The van der Waals surface area contributed by atoms with E-state index in [0.717, 1.165) is 18.4 Å². The van der Waals surface area contributed by atoms with Gasteiger partial charge in [0, 0.05) is 12.1 Å². The van der Waals surface area contributed by atoms with E-state index < -0.39 is 0 Å². The van der Waals surface area contributed by atoms with Crippen molar-refractivity contribution in [2.75, 3.05) is 6.54 Å². The molecule has 0 radical (unpaired) electrons. The van der Waals surface area contributed by atoms with Crippen molar-refractivity contribution in [1.82, 2.24) is 10.6 Å². The van der Waals surface area contributed by atoms with Gasteiger partial charge in [-0.3, -0.25) is 9.59 Å². The van der Waals surface area contributed by atoms with Crippen molar-refractivity contribution in [2.24, 2.45) is 0 Å². The molecule has 0 aromatic heterocycles. The average molecular weight is 326 g/mol. The van der Waals surface area contributed by atoms with Gasteiger partial charge in [-0.2, -0.15) is 0 Å². The molecule has 0 saturated carbocycles. The SMILES string of the molecule is CC(C)=CCCC(C)=CCNC(=O)CC1NC(=O)c2ccccc21. The van der Waals surface area contributed by atoms with Gasteiger partial charge in [0.15, 0.2) is 0 Å². The van der Waals surface area contributed by atoms with Crippen LogP contribution in [0.5, 0.6) is 0 Å². The summed E-state index contributed by atoms with van der Waals surface area (Å²) in [5.41, 5.74) is 4.18. The van der Waals surface area contributed by atoms with Crippen LogP contribution in [0.1, 0.15) is 62.0 Å². The largest absolute Gasteiger partial charge is 0.353 e. The third kappa shape index (κ3) is 5.08. The fourth-order valence-corrected chi connectivity index (χ4v) is 2.77. The Morgan fingerprint density at radius 2 is 1.96 bits per heavy atom. The normalized spacial score (nSPS) is 16.4. The van der Waals surface area contributed by atoms with Crippen LogP contribution >= 0.6 is 0 Å². The van der Waals surface area contributed by atoms with Crippen LogP contribution in [0, 0.1) is 0 Å². The van der Waals surface area contributed by atoms with E-state index in [0.29, 0.717) is 12.1 Å². The molecule has 4 nitrogen and oxygen atoms in total. The van der Waals surface area contributed by atoms with Crippen LogP contribution in [-0.4, -0.2) is 18.4 Å². The maximum atomic E-state index is 12.1. The number of hydrogen-bond acceptors (Lipinski definition) is 2. The molecule has 1 aromatic carbocycles. The summed E-state index contributed by atoms with van der Waals surface area (Å²) in [6, 6.07) is 7.20. The van der Waals surface area contributed by atoms with Crippen LogP contribution in [0.15, 0.2) is 47.6 Å². The molecule has 1 aliphatic rings. The molecule has 0 aliphatic carbocycles. The minimum Gasteiger partial charge on any atom is -0.353 e. The zero-order valence-electron chi connectivity index (χ0n) is 14.7. The van der Waals surface area contributed by atoms with Gasteiger partial charge in [-0.15, -0.1) is 0 Å². The van der Waals surface area contributed by atoms with Gasteiger partial charge in [0.1, 0.15) is 0 Å². The molecule has 0 bridgehead atoms. The molecule has 1 aromatic rings. The fourth-order valence-electron chi connectivity index (χ4n) is 2.77. The standard InChI is InChI=1S/C20H26N2O2/c1-14(2)7-6-8-15(3)11-12-21-19(23)13-18-16-9-4-5-10-17(16)20(24)22-18/h4-5,7,9-11,18H,6,8,12-13H2,1-3H3,(H,21,23)(H,22,24). The Labute approximate surface area is 144 Å². The molecule has 0 fully saturated rings. The molecule has 1 heterocycles. The predicted molar refractivity (Wildman–Crippen MR) is 96.7 cm³/mol. The highest BCUT2D eigenvalue weighted by atomic mass is 16.2. The Bertz CT molecular complexity index is 670. The molecule has 1 atom stereocenters. The van der Waals surface area contributed by atoms with Gasteiger partial charge < -0.3 is 10.6 Å². The van der Waals surface area contributed by atoms with E-state index in [2.05, 4.69) is 43.6 Å². The third-order valence-electron chi connectivity index (χ3n) is 4.12. The first kappa shape index (κ1) is 18.0. The summed E-state index contributed by atoms with van der Waals surface area (Å²) in [5.74, 6) is -0.149. The van der Waals surface area contributed by atoms with Crippen LogP contribution in [-0.2, 0) is 4.79 Å². The minimum absolute atomic E-state index is 0.0506. The maximum absolute atomic E-state index is 12.1. The smallest absolute Gasteiger partial charge is 0.252 e. The number of rotatable bonds is 7. The second-order valence-electron chi connectivity index (χ2n) is 6.49. The maximum Gasteiger partial charge on any atom is 0.252 e. The van der Waals surface area contributed by atoms with Crippen LogP contribution in [0.25, 0.3) is 0 Å². The number of hydrogen-bond donors (Lipinski definition) is 2. The highest BCUT2D eigenvalue weighted by Gasteiger charge is 2.29. The van der Waals surface area contributed by atoms with Crippen molar-refractivity contribution in [3.05, 3.63) is 58.7 Å². The van der Waals surface area contributed by atoms with Crippen molar-refractivity contribution in [2.45, 2.75) is 46.1 Å². The molecular formula is C20H26N2O2. The summed E-state index contributed by atoms with van der Waals surface area (Å²) < 4.78 is 0. The van der Waals surface area contributed by atoms with Crippen molar-refractivity contribution in [3.63, 3.8) is 0 Å². The Balaban J connectivity index is 1.78. The number of nitrogens with one attached hydrogen (secondary N) is 2. The lowest BCUT2D eigenvalue weighted by Crippen LogP contribution is -2.29. The quantitative estimate of drug-likeness (QED) is 0.751. The van der Waals surface area contributed by atoms with Gasteiger partial charge in [0.2, 0.25) is 5.91 Å². The van der Waals surface area contributed by atoms with Gasteiger partial charge in [0.25, 0.3) is 5.91 Å². The molecule has 4 heteroatoms. The summed E-state index contributed by atoms with van der Waals surface area (Å²) in [7, 11) is 0. The van der Waals surface area contributed by atoms with E-state index in [1.165, 1.54) is 11.1 Å². The molecule has 1 unspecified atom stereocenters. The first-order valence-electron chi connectivity index (χ1n) is 8.43. The van der Waals surface area contributed by atoms with Gasteiger partial charge >= 0.3 is 0 Å². The summed E-state index contributed by atoms with van der Waals surface area (Å²) in [6.45, 7) is 6.80. The van der Waals surface area contributed by atoms with E-state index in [9.17, 15) is 9.59 Å². The highest BCUT2D eigenvalue weighted by Crippen LogP contribution is 2.27. The van der Waals surface area contributed by atoms with Crippen LogP contribution < -0.4 is 10.6 Å². The van der Waals surface area contributed by atoms with Gasteiger partial charge in [-0.1, -0.05) is 41.5 Å². The summed E-state index contributed by atoms with van der Waals surface area (Å²) in [4.78, 5) is 24.0. The zero-order chi connectivity index (χ0) is 17.5. The third-order valence-corrected chi connectivity index (χ3v) is 4.12. The van der Waals surface area contributed by atoms with Gasteiger partial charge in [-0.25, -0.2) is 0 Å². The molecule has 2 N–H and O–H groups in total. The molecule has 2 amide bonds. The van der Waals surface area contributed by atoms with Gasteiger partial charge in [0.05, 0.1) is 12.5 Å². The zero-order valence-corrected chi connectivity index (χ0v) is 14.7. The molecular weight excluding hydrogens is 300 g/mol. The molecule has 1 aliphatic heterocycles. The number of benzene rings is 1. The number of allylic oxidation sites excluding steroid dienone is 3. The molecule has 2 rings (SSSR count). The minimum atomic E-state index is -0.226. The van der Waals surface area contributed by atoms with Crippen LogP contribution in [0.3, 0.4) is 0 Å². The van der Waals surface area contributed by atoms with Crippen LogP contribution in [0.4, 0.5) is 0 Å². The first-order valence-corrected chi connectivity index (χ1v) is 8.43. The van der Waals surface area contributed by atoms with E-state index in [-0.39, 0.29) is 24.3 Å². The van der Waals surface area contributed by atoms with E-state index in [4.69, 9.17) is 0 Å².